The van der Waals surface area contributed by atoms with Crippen LogP contribution in [0.1, 0.15) is 32.6 Å². The molecule has 0 unspecified atom stereocenters. The third-order valence-electron chi connectivity index (χ3n) is 3.34. The fourth-order valence-corrected chi connectivity index (χ4v) is 2.19. The van der Waals surface area contributed by atoms with Crippen LogP contribution in [-0.2, 0) is 0 Å². The first-order chi connectivity index (χ1) is 8.97. The molecule has 0 saturated carbocycles. The minimum absolute atomic E-state index is 0.0551. The van der Waals surface area contributed by atoms with Gasteiger partial charge in [0.1, 0.15) is 0 Å². The minimum atomic E-state index is -0.0551. The molecule has 2 rings (SSSR count). The van der Waals surface area contributed by atoms with Crippen molar-refractivity contribution in [3.05, 3.63) is 64.2 Å². The third-order valence-corrected chi connectivity index (χ3v) is 3.34. The van der Waals surface area contributed by atoms with Crippen LogP contribution in [-0.4, -0.2) is 5.91 Å². The predicted molar refractivity (Wildman–Crippen MR) is 79.8 cm³/mol. The van der Waals surface area contributed by atoms with Gasteiger partial charge in [0.15, 0.2) is 0 Å². The molecule has 0 spiro atoms. The first-order valence-electron chi connectivity index (χ1n) is 6.43. The highest BCUT2D eigenvalue weighted by Gasteiger charge is 2.09. The van der Waals surface area contributed by atoms with Gasteiger partial charge in [-0.15, -0.1) is 0 Å². The van der Waals surface area contributed by atoms with Crippen molar-refractivity contribution in [3.63, 3.8) is 0 Å². The van der Waals surface area contributed by atoms with Crippen LogP contribution in [0.25, 0.3) is 0 Å². The van der Waals surface area contributed by atoms with Crippen molar-refractivity contribution in [2.75, 3.05) is 5.32 Å². The molecule has 19 heavy (non-hydrogen) atoms. The molecule has 0 aliphatic rings. The van der Waals surface area contributed by atoms with Crippen molar-refractivity contribution in [2.24, 2.45) is 0 Å². The van der Waals surface area contributed by atoms with E-state index in [-0.39, 0.29) is 5.91 Å². The Morgan fingerprint density at radius 3 is 2.21 bits per heavy atom. The van der Waals surface area contributed by atoms with Crippen molar-refractivity contribution in [1.29, 1.82) is 0 Å². The molecule has 0 fully saturated rings. The third kappa shape index (κ3) is 3.02. The van der Waals surface area contributed by atoms with E-state index >= 15 is 0 Å². The average molecular weight is 253 g/mol. The maximum atomic E-state index is 12.3. The molecular formula is C17H19NO. The lowest BCUT2D eigenvalue weighted by Crippen LogP contribution is -2.13. The van der Waals surface area contributed by atoms with Gasteiger partial charge in [-0.05, 0) is 57.0 Å². The topological polar surface area (TPSA) is 29.1 Å². The molecule has 98 valence electrons. The fraction of sp³-hybridized carbons (Fsp3) is 0.235. The molecule has 2 aromatic rings. The maximum Gasteiger partial charge on any atom is 0.255 e. The smallest absolute Gasteiger partial charge is 0.255 e. The summed E-state index contributed by atoms with van der Waals surface area (Å²) in [6, 6.07) is 11.8. The quantitative estimate of drug-likeness (QED) is 0.855. The number of aryl methyl sites for hydroxylation is 3. The maximum absolute atomic E-state index is 12.3. The molecule has 1 amide bonds. The van der Waals surface area contributed by atoms with E-state index in [2.05, 4.69) is 11.4 Å². The zero-order chi connectivity index (χ0) is 14.0. The van der Waals surface area contributed by atoms with E-state index in [0.717, 1.165) is 22.4 Å². The molecule has 0 bridgehead atoms. The molecule has 0 aliphatic heterocycles. The lowest BCUT2D eigenvalue weighted by atomic mass is 10.1. The minimum Gasteiger partial charge on any atom is -0.322 e. The van der Waals surface area contributed by atoms with Crippen molar-refractivity contribution in [3.8, 4) is 0 Å². The lowest BCUT2D eigenvalue weighted by molar-refractivity contribution is 0.102. The number of hydrogen-bond donors (Lipinski definition) is 1. The molecule has 0 saturated heterocycles. The van der Waals surface area contributed by atoms with Gasteiger partial charge in [0.05, 0.1) is 0 Å². The van der Waals surface area contributed by atoms with Gasteiger partial charge in [-0.25, -0.2) is 0 Å². The van der Waals surface area contributed by atoms with E-state index < -0.39 is 0 Å². The zero-order valence-corrected chi connectivity index (χ0v) is 11.9. The highest BCUT2D eigenvalue weighted by molar-refractivity contribution is 6.04. The fourth-order valence-electron chi connectivity index (χ4n) is 2.19. The molecule has 0 atom stereocenters. The SMILES string of the molecule is Cc1cc(C)cc(C(=O)Nc2cccc(C)c2C)c1. The molecule has 0 aliphatic carbocycles. The summed E-state index contributed by atoms with van der Waals surface area (Å²) < 4.78 is 0. The summed E-state index contributed by atoms with van der Waals surface area (Å²) >= 11 is 0. The summed E-state index contributed by atoms with van der Waals surface area (Å²) in [4.78, 5) is 12.3. The van der Waals surface area contributed by atoms with E-state index in [1.165, 1.54) is 5.56 Å². The molecule has 2 aromatic carbocycles. The van der Waals surface area contributed by atoms with Crippen molar-refractivity contribution in [1.82, 2.24) is 0 Å². The second-order valence-electron chi connectivity index (χ2n) is 5.08. The summed E-state index contributed by atoms with van der Waals surface area (Å²) in [5.74, 6) is -0.0551. The summed E-state index contributed by atoms with van der Waals surface area (Å²) in [7, 11) is 0. The molecular weight excluding hydrogens is 234 g/mol. The molecule has 0 aromatic heterocycles. The number of carbonyl (C=O) groups is 1. The van der Waals surface area contributed by atoms with Crippen molar-refractivity contribution < 1.29 is 4.79 Å². The van der Waals surface area contributed by atoms with E-state index in [9.17, 15) is 4.79 Å². The summed E-state index contributed by atoms with van der Waals surface area (Å²) in [5, 5.41) is 2.98. The summed E-state index contributed by atoms with van der Waals surface area (Å²) in [6.07, 6.45) is 0. The largest absolute Gasteiger partial charge is 0.322 e. The van der Waals surface area contributed by atoms with Gasteiger partial charge in [-0.1, -0.05) is 29.3 Å². The van der Waals surface area contributed by atoms with Crippen LogP contribution < -0.4 is 5.32 Å². The van der Waals surface area contributed by atoms with Gasteiger partial charge in [0, 0.05) is 11.3 Å². The number of rotatable bonds is 2. The highest BCUT2D eigenvalue weighted by Crippen LogP contribution is 2.19. The van der Waals surface area contributed by atoms with Crippen LogP contribution in [0.5, 0.6) is 0 Å². The standard InChI is InChI=1S/C17H19NO/c1-11-8-12(2)10-15(9-11)17(19)18-16-7-5-6-13(3)14(16)4/h5-10H,1-4H3,(H,18,19). The van der Waals surface area contributed by atoms with E-state index in [1.807, 2.05) is 58.0 Å². The number of carbonyl (C=O) groups excluding carboxylic acids is 1. The van der Waals surface area contributed by atoms with Gasteiger partial charge in [0.2, 0.25) is 0 Å². The lowest BCUT2D eigenvalue weighted by Gasteiger charge is -2.11. The van der Waals surface area contributed by atoms with Crippen LogP contribution in [0.3, 0.4) is 0 Å². The summed E-state index contributed by atoms with van der Waals surface area (Å²) in [6.45, 7) is 8.07. The number of anilines is 1. The Kier molecular flexibility index (Phi) is 3.70. The Morgan fingerprint density at radius 2 is 1.58 bits per heavy atom. The highest BCUT2D eigenvalue weighted by atomic mass is 16.1. The molecule has 0 radical (unpaired) electrons. The summed E-state index contributed by atoms with van der Waals surface area (Å²) in [5.41, 5.74) is 6.08. The molecule has 2 nitrogen and oxygen atoms in total. The molecule has 2 heteroatoms. The predicted octanol–water partition coefficient (Wildman–Crippen LogP) is 4.17. The van der Waals surface area contributed by atoms with Crippen LogP contribution in [0.15, 0.2) is 36.4 Å². The number of benzene rings is 2. The Balaban J connectivity index is 2.28. The Hall–Kier alpha value is -2.09. The second-order valence-corrected chi connectivity index (χ2v) is 5.08. The van der Waals surface area contributed by atoms with E-state index in [0.29, 0.717) is 5.56 Å². The second kappa shape index (κ2) is 5.27. The Labute approximate surface area is 114 Å². The first kappa shape index (κ1) is 13.3. The van der Waals surface area contributed by atoms with Gasteiger partial charge in [-0.3, -0.25) is 4.79 Å². The van der Waals surface area contributed by atoms with Gasteiger partial charge >= 0.3 is 0 Å². The van der Waals surface area contributed by atoms with Gasteiger partial charge in [0.25, 0.3) is 5.91 Å². The Bertz CT molecular complexity index is 609. The number of amides is 1. The number of nitrogens with one attached hydrogen (secondary N) is 1. The first-order valence-corrected chi connectivity index (χ1v) is 6.43. The van der Waals surface area contributed by atoms with Crippen molar-refractivity contribution in [2.45, 2.75) is 27.7 Å². The number of hydrogen-bond acceptors (Lipinski definition) is 1. The van der Waals surface area contributed by atoms with E-state index in [1.54, 1.807) is 0 Å². The molecule has 1 N–H and O–H groups in total. The Morgan fingerprint density at radius 1 is 0.947 bits per heavy atom. The zero-order valence-electron chi connectivity index (χ0n) is 11.9. The van der Waals surface area contributed by atoms with Gasteiger partial charge < -0.3 is 5.32 Å². The average Bonchev–Trinajstić information content (AvgIpc) is 2.33. The van der Waals surface area contributed by atoms with E-state index in [4.69, 9.17) is 0 Å². The van der Waals surface area contributed by atoms with Crippen molar-refractivity contribution >= 4 is 11.6 Å². The van der Waals surface area contributed by atoms with Crippen LogP contribution >= 0.6 is 0 Å². The van der Waals surface area contributed by atoms with Crippen LogP contribution in [0.4, 0.5) is 5.69 Å². The molecule has 0 heterocycles. The normalized spacial score (nSPS) is 10.3. The van der Waals surface area contributed by atoms with Crippen LogP contribution in [0.2, 0.25) is 0 Å². The monoisotopic (exact) mass is 253 g/mol. The van der Waals surface area contributed by atoms with Gasteiger partial charge in [-0.2, -0.15) is 0 Å². The van der Waals surface area contributed by atoms with Crippen LogP contribution in [0, 0.1) is 27.7 Å².